The normalized spacial score (nSPS) is 10.8. The molecule has 0 bridgehead atoms. The molecule has 6 nitrogen and oxygen atoms in total. The standard InChI is InChI=1S/C12H11N5OS/c1-19-12-16-10(9-4-2-3-5-17(9)12)11(18)15-8-6-13-14-7-8/h2-7H,1H3,(H,13,14)(H,15,18). The summed E-state index contributed by atoms with van der Waals surface area (Å²) in [6.45, 7) is 0. The van der Waals surface area contributed by atoms with Crippen LogP contribution in [0.25, 0.3) is 5.52 Å². The highest BCUT2D eigenvalue weighted by Gasteiger charge is 2.17. The van der Waals surface area contributed by atoms with Gasteiger partial charge in [-0.15, -0.1) is 0 Å². The quantitative estimate of drug-likeness (QED) is 0.716. The fourth-order valence-corrected chi connectivity index (χ4v) is 2.37. The van der Waals surface area contributed by atoms with E-state index in [0.29, 0.717) is 11.4 Å². The van der Waals surface area contributed by atoms with Crippen LogP contribution in [0.4, 0.5) is 5.69 Å². The molecule has 0 unspecified atom stereocenters. The number of nitrogens with one attached hydrogen (secondary N) is 2. The number of nitrogens with zero attached hydrogens (tertiary/aromatic N) is 3. The molecule has 0 aromatic carbocycles. The first-order valence-electron chi connectivity index (χ1n) is 5.61. The van der Waals surface area contributed by atoms with Crippen molar-refractivity contribution < 1.29 is 4.79 Å². The summed E-state index contributed by atoms with van der Waals surface area (Å²) in [4.78, 5) is 16.6. The number of carbonyl (C=O) groups is 1. The lowest BCUT2D eigenvalue weighted by Crippen LogP contribution is -2.12. The van der Waals surface area contributed by atoms with Gasteiger partial charge < -0.3 is 5.32 Å². The number of aromatic nitrogens is 4. The number of hydrogen-bond acceptors (Lipinski definition) is 4. The molecule has 7 heteroatoms. The zero-order valence-electron chi connectivity index (χ0n) is 10.1. The molecule has 0 radical (unpaired) electrons. The number of carbonyl (C=O) groups excluding carboxylic acids is 1. The number of anilines is 1. The van der Waals surface area contributed by atoms with Gasteiger partial charge in [0, 0.05) is 12.4 Å². The predicted octanol–water partition coefficient (Wildman–Crippen LogP) is 2.03. The van der Waals surface area contributed by atoms with E-state index >= 15 is 0 Å². The number of imidazole rings is 1. The van der Waals surface area contributed by atoms with E-state index in [1.807, 2.05) is 35.1 Å². The van der Waals surface area contributed by atoms with E-state index in [-0.39, 0.29) is 5.91 Å². The lowest BCUT2D eigenvalue weighted by molar-refractivity contribution is 0.102. The summed E-state index contributed by atoms with van der Waals surface area (Å²) >= 11 is 1.50. The minimum absolute atomic E-state index is 0.245. The van der Waals surface area contributed by atoms with Gasteiger partial charge in [0.25, 0.3) is 5.91 Å². The van der Waals surface area contributed by atoms with Crippen LogP contribution in [0.1, 0.15) is 10.5 Å². The van der Waals surface area contributed by atoms with Gasteiger partial charge in [0.1, 0.15) is 0 Å². The number of thioether (sulfide) groups is 1. The minimum atomic E-state index is -0.245. The number of rotatable bonds is 3. The van der Waals surface area contributed by atoms with Crippen molar-refractivity contribution in [2.45, 2.75) is 5.16 Å². The first-order valence-corrected chi connectivity index (χ1v) is 6.83. The Morgan fingerprint density at radius 1 is 1.47 bits per heavy atom. The van der Waals surface area contributed by atoms with Crippen LogP contribution in [0.3, 0.4) is 0 Å². The molecule has 0 spiro atoms. The molecule has 19 heavy (non-hydrogen) atoms. The van der Waals surface area contributed by atoms with Gasteiger partial charge in [-0.3, -0.25) is 14.3 Å². The molecule has 0 aliphatic carbocycles. The molecule has 0 atom stereocenters. The first-order chi connectivity index (χ1) is 9.29. The second-order valence-electron chi connectivity index (χ2n) is 3.84. The largest absolute Gasteiger partial charge is 0.318 e. The van der Waals surface area contributed by atoms with Crippen molar-refractivity contribution in [1.29, 1.82) is 0 Å². The molecular formula is C12H11N5OS. The van der Waals surface area contributed by atoms with Gasteiger partial charge in [-0.2, -0.15) is 5.10 Å². The average molecular weight is 273 g/mol. The van der Waals surface area contributed by atoms with Crippen LogP contribution in [-0.4, -0.2) is 31.7 Å². The van der Waals surface area contributed by atoms with Crippen molar-refractivity contribution in [2.75, 3.05) is 11.6 Å². The molecule has 3 aromatic heterocycles. The van der Waals surface area contributed by atoms with Gasteiger partial charge in [0.2, 0.25) is 0 Å². The topological polar surface area (TPSA) is 75.1 Å². The maximum atomic E-state index is 12.2. The Hall–Kier alpha value is -2.28. The van der Waals surface area contributed by atoms with Crippen molar-refractivity contribution >= 4 is 28.9 Å². The number of amides is 1. The number of hydrogen-bond donors (Lipinski definition) is 2. The van der Waals surface area contributed by atoms with Crippen LogP contribution in [0, 0.1) is 0 Å². The Morgan fingerprint density at radius 3 is 3.11 bits per heavy atom. The second kappa shape index (κ2) is 4.77. The number of fused-ring (bicyclic) bond motifs is 1. The average Bonchev–Trinajstić information content (AvgIpc) is 3.05. The van der Waals surface area contributed by atoms with Gasteiger partial charge >= 0.3 is 0 Å². The van der Waals surface area contributed by atoms with E-state index in [9.17, 15) is 4.79 Å². The summed E-state index contributed by atoms with van der Waals surface area (Å²) in [6, 6.07) is 5.67. The van der Waals surface area contributed by atoms with Crippen molar-refractivity contribution in [2.24, 2.45) is 0 Å². The summed E-state index contributed by atoms with van der Waals surface area (Å²) in [5.74, 6) is -0.245. The van der Waals surface area contributed by atoms with Gasteiger partial charge in [-0.05, 0) is 18.4 Å². The van der Waals surface area contributed by atoms with E-state index in [1.54, 1.807) is 12.4 Å². The van der Waals surface area contributed by atoms with Gasteiger partial charge in [0.05, 0.1) is 17.4 Å². The van der Waals surface area contributed by atoms with Crippen molar-refractivity contribution in [1.82, 2.24) is 19.6 Å². The first kappa shape index (κ1) is 11.8. The monoisotopic (exact) mass is 273 g/mol. The van der Waals surface area contributed by atoms with Gasteiger partial charge in [-0.1, -0.05) is 17.8 Å². The molecule has 2 N–H and O–H groups in total. The van der Waals surface area contributed by atoms with E-state index in [4.69, 9.17) is 0 Å². The molecule has 3 heterocycles. The Morgan fingerprint density at radius 2 is 2.37 bits per heavy atom. The highest BCUT2D eigenvalue weighted by Crippen LogP contribution is 2.20. The number of aromatic amines is 1. The van der Waals surface area contributed by atoms with Crippen LogP contribution < -0.4 is 5.32 Å². The Balaban J connectivity index is 2.02. The van der Waals surface area contributed by atoms with Crippen molar-refractivity contribution in [3.63, 3.8) is 0 Å². The molecular weight excluding hydrogens is 262 g/mol. The molecule has 0 fully saturated rings. The third-order valence-corrected chi connectivity index (χ3v) is 3.32. The predicted molar refractivity (Wildman–Crippen MR) is 73.5 cm³/mol. The Labute approximate surface area is 113 Å². The molecule has 3 aromatic rings. The molecule has 1 amide bonds. The van der Waals surface area contributed by atoms with E-state index < -0.39 is 0 Å². The van der Waals surface area contributed by atoms with Gasteiger partial charge in [0.15, 0.2) is 10.9 Å². The van der Waals surface area contributed by atoms with Crippen LogP contribution in [-0.2, 0) is 0 Å². The fraction of sp³-hybridized carbons (Fsp3) is 0.0833. The van der Waals surface area contributed by atoms with Crippen molar-refractivity contribution in [3.05, 3.63) is 42.5 Å². The molecule has 96 valence electrons. The maximum absolute atomic E-state index is 12.2. The number of H-pyrrole nitrogens is 1. The fourth-order valence-electron chi connectivity index (χ4n) is 1.83. The maximum Gasteiger partial charge on any atom is 0.276 e. The smallest absolute Gasteiger partial charge is 0.276 e. The molecule has 0 aliphatic rings. The summed E-state index contributed by atoms with van der Waals surface area (Å²) < 4.78 is 1.90. The highest BCUT2D eigenvalue weighted by atomic mass is 32.2. The van der Waals surface area contributed by atoms with E-state index in [0.717, 1.165) is 10.7 Å². The second-order valence-corrected chi connectivity index (χ2v) is 4.62. The SMILES string of the molecule is CSc1nc(C(=O)Nc2cn[nH]c2)c2ccccn12. The molecule has 0 aliphatic heterocycles. The van der Waals surface area contributed by atoms with E-state index in [2.05, 4.69) is 20.5 Å². The van der Waals surface area contributed by atoms with Crippen LogP contribution in [0.5, 0.6) is 0 Å². The van der Waals surface area contributed by atoms with E-state index in [1.165, 1.54) is 11.8 Å². The minimum Gasteiger partial charge on any atom is -0.318 e. The van der Waals surface area contributed by atoms with Crippen LogP contribution in [0.2, 0.25) is 0 Å². The molecule has 3 rings (SSSR count). The lowest BCUT2D eigenvalue weighted by atomic mass is 10.3. The summed E-state index contributed by atoms with van der Waals surface area (Å²) in [7, 11) is 0. The van der Waals surface area contributed by atoms with Gasteiger partial charge in [-0.25, -0.2) is 4.98 Å². The summed E-state index contributed by atoms with van der Waals surface area (Å²) in [5, 5.41) is 9.96. The Bertz CT molecular complexity index is 719. The summed E-state index contributed by atoms with van der Waals surface area (Å²) in [6.07, 6.45) is 6.99. The van der Waals surface area contributed by atoms with Crippen molar-refractivity contribution in [3.8, 4) is 0 Å². The highest BCUT2D eigenvalue weighted by molar-refractivity contribution is 7.98. The molecule has 0 saturated heterocycles. The third-order valence-electron chi connectivity index (χ3n) is 2.67. The molecule has 0 saturated carbocycles. The van der Waals surface area contributed by atoms with Crippen LogP contribution >= 0.6 is 11.8 Å². The third kappa shape index (κ3) is 2.08. The lowest BCUT2D eigenvalue weighted by Gasteiger charge is -1.99. The summed E-state index contributed by atoms with van der Waals surface area (Å²) in [5.41, 5.74) is 1.81. The zero-order valence-corrected chi connectivity index (χ0v) is 10.9. The number of pyridine rings is 1. The zero-order chi connectivity index (χ0) is 13.2. The van der Waals surface area contributed by atoms with Crippen LogP contribution in [0.15, 0.2) is 41.9 Å². The Kier molecular flexibility index (Phi) is 2.96.